The lowest BCUT2D eigenvalue weighted by atomic mass is 9.44. The van der Waals surface area contributed by atoms with Crippen molar-refractivity contribution < 1.29 is 9.53 Å². The molecule has 0 radical (unpaired) electrons. The van der Waals surface area contributed by atoms with Gasteiger partial charge in [0.05, 0.1) is 7.11 Å². The lowest BCUT2D eigenvalue weighted by Gasteiger charge is -2.61. The largest absolute Gasteiger partial charge is 0.469 e. The highest BCUT2D eigenvalue weighted by molar-refractivity contribution is 5.68. The van der Waals surface area contributed by atoms with Gasteiger partial charge in [0, 0.05) is 12.5 Å². The summed E-state index contributed by atoms with van der Waals surface area (Å²) in [7, 11) is 3.67. The van der Waals surface area contributed by atoms with Gasteiger partial charge in [-0.1, -0.05) is 55.4 Å². The number of hydrogen-bond donors (Lipinski definition) is 1. The quantitative estimate of drug-likeness (QED) is 0.401. The van der Waals surface area contributed by atoms with E-state index in [1.165, 1.54) is 71.3 Å². The van der Waals surface area contributed by atoms with Crippen molar-refractivity contribution in [2.75, 3.05) is 14.2 Å². The maximum absolute atomic E-state index is 11.5. The van der Waals surface area contributed by atoms with E-state index in [4.69, 9.17) is 4.74 Å². The Hall–Kier alpha value is -0.570. The lowest BCUT2D eigenvalue weighted by molar-refractivity contribution is -0.141. The highest BCUT2D eigenvalue weighted by Crippen LogP contribution is 2.67. The van der Waals surface area contributed by atoms with Crippen LogP contribution in [0.3, 0.4) is 0 Å². The molecule has 0 aromatic rings. The predicted octanol–water partition coefficient (Wildman–Crippen LogP) is 8.66. The molecule has 4 aliphatic rings. The summed E-state index contributed by atoms with van der Waals surface area (Å²) in [5, 5.41) is 3.57. The molecule has 0 spiro atoms. The van der Waals surface area contributed by atoms with Crippen molar-refractivity contribution in [3.05, 3.63) is 0 Å². The molecular weight excluding hydrogens is 418 g/mol. The molecule has 0 aromatic carbocycles. The summed E-state index contributed by atoms with van der Waals surface area (Å²) in [5.41, 5.74) is 1.13. The summed E-state index contributed by atoms with van der Waals surface area (Å²) in [6.07, 6.45) is 15.8. The summed E-state index contributed by atoms with van der Waals surface area (Å²) in [6.45, 7) is 17.3. The molecule has 4 fully saturated rings. The smallest absolute Gasteiger partial charge is 0.305 e. The number of ether oxygens (including phenoxy) is 1. The minimum absolute atomic E-state index is 0.0353. The first-order chi connectivity index (χ1) is 16.4. The van der Waals surface area contributed by atoms with E-state index in [1.54, 1.807) is 0 Å². The van der Waals surface area contributed by atoms with Crippen molar-refractivity contribution in [1.29, 1.82) is 0 Å². The fourth-order valence-corrected chi connectivity index (χ4v) is 8.70. The molecule has 3 heteroatoms. The molecule has 0 bridgehead atoms. The zero-order chi connectivity index (χ0) is 25.9. The fourth-order valence-electron chi connectivity index (χ4n) is 8.70. The zero-order valence-electron chi connectivity index (χ0n) is 24.8. The van der Waals surface area contributed by atoms with Crippen molar-refractivity contribution in [1.82, 2.24) is 5.32 Å². The topological polar surface area (TPSA) is 38.3 Å². The molecule has 3 nitrogen and oxygen atoms in total. The standard InChI is InChI=1S/C25H43NO2.3C2H6/c1-24-15-13-22-20(10-8-18-16-19(26-3)12-14-25(18,22)2)21(24)11-9-17(24)6-5-7-23(27)28-4;3*1-2/h17-22,26H,5-16H2,1-4H3;3*1-2H3. The summed E-state index contributed by atoms with van der Waals surface area (Å²) in [4.78, 5) is 11.5. The number of methoxy groups -OCH3 is 1. The Morgan fingerprint density at radius 1 is 0.853 bits per heavy atom. The van der Waals surface area contributed by atoms with Crippen molar-refractivity contribution in [2.24, 2.45) is 40.4 Å². The molecule has 202 valence electrons. The molecule has 8 atom stereocenters. The predicted molar refractivity (Wildman–Crippen MR) is 148 cm³/mol. The second-order valence-corrected chi connectivity index (χ2v) is 11.2. The highest BCUT2D eigenvalue weighted by Gasteiger charge is 2.59. The molecule has 0 heterocycles. The number of carbonyl (C=O) groups is 1. The van der Waals surface area contributed by atoms with Gasteiger partial charge in [-0.3, -0.25) is 4.79 Å². The number of fused-ring (bicyclic) bond motifs is 5. The van der Waals surface area contributed by atoms with Gasteiger partial charge < -0.3 is 10.1 Å². The summed E-state index contributed by atoms with van der Waals surface area (Å²) < 4.78 is 4.85. The van der Waals surface area contributed by atoms with E-state index in [9.17, 15) is 4.79 Å². The van der Waals surface area contributed by atoms with Gasteiger partial charge in [0.2, 0.25) is 0 Å². The molecule has 0 aromatic heterocycles. The third-order valence-corrected chi connectivity index (χ3v) is 10.4. The molecule has 4 saturated carbocycles. The first-order valence-corrected chi connectivity index (χ1v) is 15.2. The molecule has 4 aliphatic carbocycles. The number of rotatable bonds is 5. The van der Waals surface area contributed by atoms with Gasteiger partial charge in [-0.25, -0.2) is 0 Å². The van der Waals surface area contributed by atoms with Crippen molar-refractivity contribution >= 4 is 5.97 Å². The maximum atomic E-state index is 11.5. The van der Waals surface area contributed by atoms with Crippen LogP contribution in [0.4, 0.5) is 0 Å². The second-order valence-electron chi connectivity index (χ2n) is 11.2. The van der Waals surface area contributed by atoms with Crippen LogP contribution in [0.2, 0.25) is 0 Å². The van der Waals surface area contributed by atoms with Crippen molar-refractivity contribution in [2.45, 2.75) is 138 Å². The molecule has 8 unspecified atom stereocenters. The lowest BCUT2D eigenvalue weighted by Crippen LogP contribution is -2.54. The molecule has 0 amide bonds. The molecule has 1 N–H and O–H groups in total. The molecule has 0 saturated heterocycles. The average molecular weight is 480 g/mol. The van der Waals surface area contributed by atoms with Crippen molar-refractivity contribution in [3.8, 4) is 0 Å². The van der Waals surface area contributed by atoms with E-state index in [1.807, 2.05) is 41.5 Å². The molecular formula is C31H61NO2. The van der Waals surface area contributed by atoms with E-state index in [0.717, 1.165) is 42.1 Å². The first-order valence-electron chi connectivity index (χ1n) is 15.2. The van der Waals surface area contributed by atoms with Gasteiger partial charge in [-0.05, 0) is 118 Å². The van der Waals surface area contributed by atoms with Crippen LogP contribution in [-0.4, -0.2) is 26.2 Å². The Morgan fingerprint density at radius 2 is 1.47 bits per heavy atom. The van der Waals surface area contributed by atoms with E-state index in [0.29, 0.717) is 17.3 Å². The van der Waals surface area contributed by atoms with Gasteiger partial charge in [-0.2, -0.15) is 0 Å². The van der Waals surface area contributed by atoms with E-state index >= 15 is 0 Å². The highest BCUT2D eigenvalue weighted by atomic mass is 16.5. The molecule has 34 heavy (non-hydrogen) atoms. The normalized spacial score (nSPS) is 39.8. The SMILES string of the molecule is CC.CC.CC.CNC1CCC2(C)C(CCC3C4CCC(CCCC(=O)OC)C4(C)CCC32)C1. The zero-order valence-corrected chi connectivity index (χ0v) is 24.8. The van der Waals surface area contributed by atoms with Crippen LogP contribution in [-0.2, 0) is 9.53 Å². The third kappa shape index (κ3) is 6.40. The monoisotopic (exact) mass is 479 g/mol. The second kappa shape index (κ2) is 14.9. The minimum Gasteiger partial charge on any atom is -0.469 e. The minimum atomic E-state index is -0.0353. The molecule has 0 aliphatic heterocycles. The Labute approximate surface area is 214 Å². The Balaban J connectivity index is 0.000000894. The van der Waals surface area contributed by atoms with Gasteiger partial charge >= 0.3 is 5.97 Å². The Morgan fingerprint density at radius 3 is 2.09 bits per heavy atom. The van der Waals surface area contributed by atoms with E-state index in [-0.39, 0.29) is 5.97 Å². The maximum Gasteiger partial charge on any atom is 0.305 e. The molecule has 4 rings (SSSR count). The van der Waals surface area contributed by atoms with Gasteiger partial charge in [-0.15, -0.1) is 0 Å². The number of hydrogen-bond acceptors (Lipinski definition) is 3. The van der Waals surface area contributed by atoms with Crippen LogP contribution in [0.5, 0.6) is 0 Å². The van der Waals surface area contributed by atoms with Crippen LogP contribution >= 0.6 is 0 Å². The summed E-state index contributed by atoms with van der Waals surface area (Å²) in [5.74, 6) is 4.61. The van der Waals surface area contributed by atoms with E-state index in [2.05, 4.69) is 26.2 Å². The number of carbonyl (C=O) groups excluding carboxylic acids is 1. The summed E-state index contributed by atoms with van der Waals surface area (Å²) in [6, 6.07) is 0.758. The number of esters is 1. The third-order valence-electron chi connectivity index (χ3n) is 10.4. The van der Waals surface area contributed by atoms with Crippen LogP contribution in [0.1, 0.15) is 132 Å². The average Bonchev–Trinajstić information content (AvgIpc) is 3.23. The van der Waals surface area contributed by atoms with Crippen molar-refractivity contribution in [3.63, 3.8) is 0 Å². The van der Waals surface area contributed by atoms with Crippen LogP contribution in [0.15, 0.2) is 0 Å². The fraction of sp³-hybridized carbons (Fsp3) is 0.968. The van der Waals surface area contributed by atoms with Gasteiger partial charge in [0.15, 0.2) is 0 Å². The van der Waals surface area contributed by atoms with Gasteiger partial charge in [0.1, 0.15) is 0 Å². The van der Waals surface area contributed by atoms with Crippen LogP contribution in [0, 0.1) is 40.4 Å². The van der Waals surface area contributed by atoms with Crippen LogP contribution < -0.4 is 5.32 Å². The summed E-state index contributed by atoms with van der Waals surface area (Å²) >= 11 is 0. The van der Waals surface area contributed by atoms with Crippen LogP contribution in [0.25, 0.3) is 0 Å². The first kappa shape index (κ1) is 31.5. The number of nitrogens with one attached hydrogen (secondary N) is 1. The van der Waals surface area contributed by atoms with Gasteiger partial charge in [0.25, 0.3) is 0 Å². The Kier molecular flexibility index (Phi) is 13.8. The Bertz CT molecular complexity index is 578. The van der Waals surface area contributed by atoms with E-state index < -0.39 is 0 Å².